The van der Waals surface area contributed by atoms with Crippen LogP contribution in [0.4, 0.5) is 4.79 Å². The molecular weight excluding hydrogens is 122 g/mol. The lowest BCUT2D eigenvalue weighted by molar-refractivity contribution is -0.0708. The summed E-state index contributed by atoms with van der Waals surface area (Å²) in [4.78, 5) is 9.95. The van der Waals surface area contributed by atoms with Gasteiger partial charge in [0.2, 0.25) is 0 Å². The summed E-state index contributed by atoms with van der Waals surface area (Å²) in [6.07, 6.45) is -0.455. The minimum Gasteiger partial charge on any atom is -0.450 e. The molecule has 0 radical (unpaired) electrons. The van der Waals surface area contributed by atoms with Crippen molar-refractivity contribution in [1.29, 1.82) is 0 Å². The van der Waals surface area contributed by atoms with Gasteiger partial charge in [0, 0.05) is 13.0 Å². The minimum atomic E-state index is -1.22. The highest BCUT2D eigenvalue weighted by atomic mass is 16.7. The molecule has 0 bridgehead atoms. The van der Waals surface area contributed by atoms with E-state index in [0.29, 0.717) is 0 Å². The molecule has 1 saturated heterocycles. The van der Waals surface area contributed by atoms with Crippen molar-refractivity contribution in [2.75, 3.05) is 6.54 Å². The molecule has 1 atom stereocenters. The van der Waals surface area contributed by atoms with Crippen LogP contribution < -0.4 is 5.32 Å². The molecule has 0 aliphatic carbocycles. The summed E-state index contributed by atoms with van der Waals surface area (Å²) < 4.78 is 4.48. The average molecular weight is 131 g/mol. The molecule has 1 aliphatic heterocycles. The van der Waals surface area contributed by atoms with E-state index in [-0.39, 0.29) is 0 Å². The third-order valence-corrected chi connectivity index (χ3v) is 1.41. The van der Waals surface area contributed by atoms with Gasteiger partial charge in [-0.1, -0.05) is 0 Å². The van der Waals surface area contributed by atoms with Crippen LogP contribution in [0.25, 0.3) is 0 Å². The van der Waals surface area contributed by atoms with Gasteiger partial charge in [-0.25, -0.2) is 4.79 Å². The van der Waals surface area contributed by atoms with Crippen molar-refractivity contribution < 1.29 is 14.6 Å². The van der Waals surface area contributed by atoms with Gasteiger partial charge in [0.05, 0.1) is 0 Å². The Balaban J connectivity index is 2.33. The van der Waals surface area contributed by atoms with Gasteiger partial charge in [0.15, 0.2) is 5.72 Å². The number of carbonyl (C=O) groups is 1. The van der Waals surface area contributed by atoms with Crippen LogP contribution in [0.2, 0.25) is 0 Å². The van der Waals surface area contributed by atoms with Crippen LogP contribution in [0.5, 0.6) is 0 Å². The van der Waals surface area contributed by atoms with E-state index in [1.807, 2.05) is 0 Å². The van der Waals surface area contributed by atoms with E-state index in [1.54, 1.807) is 6.92 Å². The number of carboxylic acid groups (broad SMARTS) is 1. The van der Waals surface area contributed by atoms with Crippen molar-refractivity contribution in [3.05, 3.63) is 0 Å². The first-order valence-electron chi connectivity index (χ1n) is 2.79. The molecule has 0 aromatic rings. The molecule has 0 aromatic carbocycles. The van der Waals surface area contributed by atoms with Crippen LogP contribution >= 0.6 is 0 Å². The van der Waals surface area contributed by atoms with E-state index >= 15 is 0 Å². The molecule has 1 aliphatic rings. The molecule has 0 spiro atoms. The summed E-state index contributed by atoms with van der Waals surface area (Å²) in [5.41, 5.74) is -0.605. The van der Waals surface area contributed by atoms with Gasteiger partial charge >= 0.3 is 6.16 Å². The van der Waals surface area contributed by atoms with Crippen LogP contribution in [-0.4, -0.2) is 23.5 Å². The summed E-state index contributed by atoms with van der Waals surface area (Å²) in [7, 11) is 0. The summed E-state index contributed by atoms with van der Waals surface area (Å²) in [6.45, 7) is 2.55. The Morgan fingerprint density at radius 2 is 2.44 bits per heavy atom. The summed E-state index contributed by atoms with van der Waals surface area (Å²) >= 11 is 0. The highest BCUT2D eigenvalue weighted by Gasteiger charge is 2.34. The normalized spacial score (nSPS) is 33.0. The number of hydrogen-bond acceptors (Lipinski definition) is 3. The minimum absolute atomic E-state index is 0.605. The van der Waals surface area contributed by atoms with E-state index in [0.717, 1.165) is 13.0 Å². The number of hydrogen-bond donors (Lipinski definition) is 2. The zero-order valence-electron chi connectivity index (χ0n) is 5.18. The van der Waals surface area contributed by atoms with E-state index < -0.39 is 11.9 Å². The number of rotatable bonds is 1. The number of ether oxygens (including phenoxy) is 1. The van der Waals surface area contributed by atoms with Crippen molar-refractivity contribution in [3.63, 3.8) is 0 Å². The lowest BCUT2D eigenvalue weighted by Crippen LogP contribution is -2.57. The van der Waals surface area contributed by atoms with Crippen molar-refractivity contribution in [1.82, 2.24) is 5.32 Å². The SMILES string of the molecule is CC1(OC(=O)O)CCN1. The Kier molecular flexibility index (Phi) is 1.32. The topological polar surface area (TPSA) is 58.6 Å². The first kappa shape index (κ1) is 6.35. The second-order valence-electron chi connectivity index (χ2n) is 2.28. The Hall–Kier alpha value is -0.770. The smallest absolute Gasteiger partial charge is 0.450 e. The Morgan fingerprint density at radius 3 is 2.56 bits per heavy atom. The fourth-order valence-corrected chi connectivity index (χ4v) is 0.757. The lowest BCUT2D eigenvalue weighted by atomic mass is 10.1. The predicted molar refractivity (Wildman–Crippen MR) is 30.1 cm³/mol. The van der Waals surface area contributed by atoms with Gasteiger partial charge in [-0.3, -0.25) is 5.32 Å². The van der Waals surface area contributed by atoms with Gasteiger partial charge in [0.25, 0.3) is 0 Å². The van der Waals surface area contributed by atoms with Crippen LogP contribution in [0.15, 0.2) is 0 Å². The van der Waals surface area contributed by atoms with Crippen LogP contribution in [-0.2, 0) is 4.74 Å². The molecule has 9 heavy (non-hydrogen) atoms. The quantitative estimate of drug-likeness (QED) is 0.505. The van der Waals surface area contributed by atoms with Crippen molar-refractivity contribution in [2.24, 2.45) is 0 Å². The maximum atomic E-state index is 9.95. The third kappa shape index (κ3) is 1.32. The zero-order chi connectivity index (χ0) is 6.91. The molecule has 52 valence electrons. The molecule has 1 unspecified atom stereocenters. The molecule has 1 rings (SSSR count). The summed E-state index contributed by atoms with van der Waals surface area (Å²) in [6, 6.07) is 0. The van der Waals surface area contributed by atoms with Crippen molar-refractivity contribution in [3.8, 4) is 0 Å². The highest BCUT2D eigenvalue weighted by molar-refractivity contribution is 5.57. The number of nitrogens with one attached hydrogen (secondary N) is 1. The molecule has 0 amide bonds. The molecule has 4 heteroatoms. The zero-order valence-corrected chi connectivity index (χ0v) is 5.18. The van der Waals surface area contributed by atoms with Crippen LogP contribution in [0.3, 0.4) is 0 Å². The van der Waals surface area contributed by atoms with E-state index in [1.165, 1.54) is 0 Å². The second-order valence-corrected chi connectivity index (χ2v) is 2.28. The highest BCUT2D eigenvalue weighted by Crippen LogP contribution is 2.18. The maximum Gasteiger partial charge on any atom is 0.507 e. The maximum absolute atomic E-state index is 9.95. The monoisotopic (exact) mass is 131 g/mol. The first-order valence-corrected chi connectivity index (χ1v) is 2.79. The molecule has 1 heterocycles. The predicted octanol–water partition coefficient (Wildman–Crippen LogP) is 0.390. The van der Waals surface area contributed by atoms with E-state index in [4.69, 9.17) is 5.11 Å². The molecule has 4 nitrogen and oxygen atoms in total. The molecule has 0 saturated carbocycles. The lowest BCUT2D eigenvalue weighted by Gasteiger charge is -2.37. The van der Waals surface area contributed by atoms with Gasteiger partial charge in [-0.05, 0) is 6.92 Å². The van der Waals surface area contributed by atoms with Crippen LogP contribution in [0, 0.1) is 0 Å². The third-order valence-electron chi connectivity index (χ3n) is 1.41. The van der Waals surface area contributed by atoms with Crippen LogP contribution in [0.1, 0.15) is 13.3 Å². The average Bonchev–Trinajstić information content (AvgIpc) is 1.60. The molecule has 2 N–H and O–H groups in total. The molecular formula is C5H9NO3. The van der Waals surface area contributed by atoms with E-state index in [9.17, 15) is 4.79 Å². The first-order chi connectivity index (χ1) is 4.12. The second kappa shape index (κ2) is 1.88. The standard InChI is InChI=1S/C5H9NO3/c1-5(2-3-6-5)9-4(7)8/h6H,2-3H2,1H3,(H,7,8). The van der Waals surface area contributed by atoms with E-state index in [2.05, 4.69) is 10.1 Å². The van der Waals surface area contributed by atoms with Crippen molar-refractivity contribution >= 4 is 6.16 Å². The fourth-order valence-electron chi connectivity index (χ4n) is 0.757. The molecule has 1 fully saturated rings. The van der Waals surface area contributed by atoms with Gasteiger partial charge < -0.3 is 9.84 Å². The largest absolute Gasteiger partial charge is 0.507 e. The van der Waals surface area contributed by atoms with Gasteiger partial charge in [-0.15, -0.1) is 0 Å². The summed E-state index contributed by atoms with van der Waals surface area (Å²) in [5.74, 6) is 0. The molecule has 0 aromatic heterocycles. The fraction of sp³-hybridized carbons (Fsp3) is 0.800. The van der Waals surface area contributed by atoms with Gasteiger partial charge in [0.1, 0.15) is 0 Å². The Bertz CT molecular complexity index is 130. The van der Waals surface area contributed by atoms with Gasteiger partial charge in [-0.2, -0.15) is 0 Å². The summed E-state index contributed by atoms with van der Waals surface area (Å²) in [5, 5.41) is 11.0. The Morgan fingerprint density at radius 1 is 1.89 bits per heavy atom. The Labute approximate surface area is 52.8 Å². The van der Waals surface area contributed by atoms with Crippen molar-refractivity contribution in [2.45, 2.75) is 19.1 Å².